The van der Waals surface area contributed by atoms with Gasteiger partial charge in [-0.15, -0.1) is 0 Å². The topological polar surface area (TPSA) is 29.5 Å². The quantitative estimate of drug-likeness (QED) is 0.777. The number of aliphatic hydroxyl groups is 1. The zero-order valence-electron chi connectivity index (χ0n) is 8.44. The Labute approximate surface area is 84.5 Å². The molecular weight excluding hydrogens is 176 g/mol. The second kappa shape index (κ2) is 4.11. The maximum atomic E-state index is 9.68. The summed E-state index contributed by atoms with van der Waals surface area (Å²) >= 11 is 0. The molecule has 1 aromatic carbocycles. The minimum absolute atomic E-state index is 0.110. The average molecular weight is 192 g/mol. The lowest BCUT2D eigenvalue weighted by atomic mass is 10.0. The maximum absolute atomic E-state index is 9.68. The van der Waals surface area contributed by atoms with E-state index < -0.39 is 0 Å². The predicted octanol–water partition coefficient (Wildman–Crippen LogP) is 2.07. The summed E-state index contributed by atoms with van der Waals surface area (Å²) in [4.78, 5) is 0. The average Bonchev–Trinajstić information content (AvgIpc) is 2.65. The van der Waals surface area contributed by atoms with E-state index in [0.717, 1.165) is 18.4 Å². The fourth-order valence-corrected chi connectivity index (χ4v) is 1.89. The van der Waals surface area contributed by atoms with Crippen molar-refractivity contribution in [1.82, 2.24) is 0 Å². The third-order valence-electron chi connectivity index (χ3n) is 2.75. The molecule has 0 aromatic heterocycles. The van der Waals surface area contributed by atoms with Crippen LogP contribution in [0, 0.1) is 0 Å². The first kappa shape index (κ1) is 9.69. The van der Waals surface area contributed by atoms with Gasteiger partial charge >= 0.3 is 0 Å². The van der Waals surface area contributed by atoms with E-state index >= 15 is 0 Å². The molecule has 1 N–H and O–H groups in total. The molecule has 0 radical (unpaired) electrons. The molecule has 2 atom stereocenters. The van der Waals surface area contributed by atoms with E-state index in [1.54, 1.807) is 0 Å². The van der Waals surface area contributed by atoms with E-state index in [-0.39, 0.29) is 12.2 Å². The van der Waals surface area contributed by atoms with Gasteiger partial charge in [0.25, 0.3) is 0 Å². The molecule has 0 spiro atoms. The molecule has 1 saturated heterocycles. The van der Waals surface area contributed by atoms with Crippen molar-refractivity contribution in [2.45, 2.75) is 32.0 Å². The molecule has 2 unspecified atom stereocenters. The fourth-order valence-electron chi connectivity index (χ4n) is 1.89. The summed E-state index contributed by atoms with van der Waals surface area (Å²) < 4.78 is 5.50. The van der Waals surface area contributed by atoms with Crippen LogP contribution in [-0.4, -0.2) is 17.8 Å². The van der Waals surface area contributed by atoms with Crippen molar-refractivity contribution in [1.29, 1.82) is 0 Å². The second-order valence-corrected chi connectivity index (χ2v) is 3.75. The molecule has 2 nitrogen and oxygen atoms in total. The highest BCUT2D eigenvalue weighted by atomic mass is 16.5. The van der Waals surface area contributed by atoms with E-state index in [1.165, 1.54) is 5.56 Å². The van der Waals surface area contributed by atoms with E-state index in [9.17, 15) is 5.11 Å². The van der Waals surface area contributed by atoms with Crippen LogP contribution in [0.1, 0.15) is 30.6 Å². The molecule has 1 fully saturated rings. The number of rotatable bonds is 2. The van der Waals surface area contributed by atoms with Crippen LogP contribution >= 0.6 is 0 Å². The predicted molar refractivity (Wildman–Crippen MR) is 55.1 cm³/mol. The minimum Gasteiger partial charge on any atom is -0.390 e. The lowest BCUT2D eigenvalue weighted by Gasteiger charge is -2.14. The Morgan fingerprint density at radius 1 is 1.50 bits per heavy atom. The first-order valence-electron chi connectivity index (χ1n) is 5.19. The normalized spacial score (nSPS) is 26.7. The van der Waals surface area contributed by atoms with Crippen LogP contribution in [0.25, 0.3) is 0 Å². The standard InChI is InChI=1S/C12H16O2/c1-2-9-4-3-5-10(8-9)12-11(13)6-7-14-12/h3-5,8,11-13H,2,6-7H2,1H3. The molecule has 0 saturated carbocycles. The molecule has 1 aliphatic rings. The van der Waals surface area contributed by atoms with Crippen molar-refractivity contribution in [2.75, 3.05) is 6.61 Å². The summed E-state index contributed by atoms with van der Waals surface area (Å²) in [5.74, 6) is 0. The van der Waals surface area contributed by atoms with Gasteiger partial charge in [0.15, 0.2) is 0 Å². The van der Waals surface area contributed by atoms with Gasteiger partial charge in [0.2, 0.25) is 0 Å². The second-order valence-electron chi connectivity index (χ2n) is 3.75. The van der Waals surface area contributed by atoms with Crippen LogP contribution < -0.4 is 0 Å². The highest BCUT2D eigenvalue weighted by Crippen LogP contribution is 2.29. The Morgan fingerprint density at radius 2 is 2.36 bits per heavy atom. The number of hydrogen-bond donors (Lipinski definition) is 1. The van der Waals surface area contributed by atoms with Crippen LogP contribution in [0.15, 0.2) is 24.3 Å². The Hall–Kier alpha value is -0.860. The summed E-state index contributed by atoms with van der Waals surface area (Å²) in [6, 6.07) is 8.28. The van der Waals surface area contributed by atoms with Crippen molar-refractivity contribution < 1.29 is 9.84 Å². The first-order valence-corrected chi connectivity index (χ1v) is 5.19. The van der Waals surface area contributed by atoms with Crippen molar-refractivity contribution in [3.05, 3.63) is 35.4 Å². The number of ether oxygens (including phenoxy) is 1. The number of benzene rings is 1. The lowest BCUT2D eigenvalue weighted by molar-refractivity contribution is 0.0417. The Bertz CT molecular complexity index is 309. The molecule has 1 heterocycles. The van der Waals surface area contributed by atoms with Gasteiger partial charge in [-0.3, -0.25) is 0 Å². The van der Waals surface area contributed by atoms with E-state index in [4.69, 9.17) is 4.74 Å². The van der Waals surface area contributed by atoms with Crippen molar-refractivity contribution in [3.63, 3.8) is 0 Å². The van der Waals surface area contributed by atoms with Gasteiger partial charge in [-0.2, -0.15) is 0 Å². The lowest BCUT2D eigenvalue weighted by Crippen LogP contribution is -2.12. The summed E-state index contributed by atoms with van der Waals surface area (Å²) in [6.45, 7) is 2.80. The SMILES string of the molecule is CCc1cccc(C2OCCC2O)c1. The summed E-state index contributed by atoms with van der Waals surface area (Å²) in [5, 5.41) is 9.68. The van der Waals surface area contributed by atoms with E-state index in [1.807, 2.05) is 12.1 Å². The van der Waals surface area contributed by atoms with Gasteiger partial charge in [0.1, 0.15) is 6.10 Å². The molecule has 2 heteroatoms. The Kier molecular flexibility index (Phi) is 2.85. The van der Waals surface area contributed by atoms with Gasteiger partial charge in [0.05, 0.1) is 12.7 Å². The van der Waals surface area contributed by atoms with Crippen LogP contribution in [-0.2, 0) is 11.2 Å². The van der Waals surface area contributed by atoms with Crippen LogP contribution in [0.5, 0.6) is 0 Å². The molecule has 2 rings (SSSR count). The van der Waals surface area contributed by atoms with E-state index in [2.05, 4.69) is 19.1 Å². The van der Waals surface area contributed by atoms with Gasteiger partial charge in [-0.1, -0.05) is 31.2 Å². The van der Waals surface area contributed by atoms with Crippen molar-refractivity contribution in [2.24, 2.45) is 0 Å². The zero-order valence-corrected chi connectivity index (χ0v) is 8.44. The maximum Gasteiger partial charge on any atom is 0.108 e. The van der Waals surface area contributed by atoms with Gasteiger partial charge in [-0.05, 0) is 24.0 Å². The molecular formula is C12H16O2. The first-order chi connectivity index (χ1) is 6.81. The monoisotopic (exact) mass is 192 g/mol. The van der Waals surface area contributed by atoms with Gasteiger partial charge in [-0.25, -0.2) is 0 Å². The minimum atomic E-state index is -0.331. The zero-order chi connectivity index (χ0) is 9.97. The van der Waals surface area contributed by atoms with Crippen LogP contribution in [0.4, 0.5) is 0 Å². The van der Waals surface area contributed by atoms with Gasteiger partial charge in [0, 0.05) is 0 Å². The number of hydrogen-bond acceptors (Lipinski definition) is 2. The van der Waals surface area contributed by atoms with Crippen LogP contribution in [0.2, 0.25) is 0 Å². The van der Waals surface area contributed by atoms with E-state index in [0.29, 0.717) is 6.61 Å². The third-order valence-corrected chi connectivity index (χ3v) is 2.75. The molecule has 1 aromatic rings. The molecule has 0 aliphatic carbocycles. The Morgan fingerprint density at radius 3 is 3.00 bits per heavy atom. The fraction of sp³-hybridized carbons (Fsp3) is 0.500. The summed E-state index contributed by atoms with van der Waals surface area (Å²) in [7, 11) is 0. The molecule has 0 amide bonds. The number of aliphatic hydroxyl groups excluding tert-OH is 1. The smallest absolute Gasteiger partial charge is 0.108 e. The molecule has 76 valence electrons. The number of aryl methyl sites for hydroxylation is 1. The largest absolute Gasteiger partial charge is 0.390 e. The Balaban J connectivity index is 2.22. The van der Waals surface area contributed by atoms with Crippen molar-refractivity contribution in [3.8, 4) is 0 Å². The molecule has 14 heavy (non-hydrogen) atoms. The van der Waals surface area contributed by atoms with Crippen LogP contribution in [0.3, 0.4) is 0 Å². The van der Waals surface area contributed by atoms with Gasteiger partial charge < -0.3 is 9.84 Å². The highest BCUT2D eigenvalue weighted by molar-refractivity contribution is 5.26. The summed E-state index contributed by atoms with van der Waals surface area (Å²) in [6.07, 6.45) is 1.33. The molecule has 0 bridgehead atoms. The summed E-state index contributed by atoms with van der Waals surface area (Å²) in [5.41, 5.74) is 2.40. The third kappa shape index (κ3) is 1.81. The highest BCUT2D eigenvalue weighted by Gasteiger charge is 2.27. The molecule has 1 aliphatic heterocycles. The van der Waals surface area contributed by atoms with Crippen molar-refractivity contribution >= 4 is 0 Å².